The molecule has 6 heteroatoms. The smallest absolute Gasteiger partial charge is 0.263 e. The van der Waals surface area contributed by atoms with Crippen LogP contribution < -0.4 is 21.3 Å². The summed E-state index contributed by atoms with van der Waals surface area (Å²) in [6, 6.07) is 11.3. The number of nitrogens with zero attached hydrogens (tertiary/aromatic N) is 1. The van der Waals surface area contributed by atoms with Crippen molar-refractivity contribution in [1.82, 2.24) is 9.88 Å². The zero-order chi connectivity index (χ0) is 21.5. The normalized spacial score (nSPS) is 17.1. The Kier molecular flexibility index (Phi) is 5.02. The van der Waals surface area contributed by atoms with Gasteiger partial charge in [0.25, 0.3) is 5.56 Å². The molecule has 2 aliphatic rings. The zero-order valence-electron chi connectivity index (χ0n) is 17.7. The molecule has 0 radical (unpaired) electrons. The number of nitrogens with two attached hydrogens (primary N) is 1. The van der Waals surface area contributed by atoms with Crippen LogP contribution in [0.4, 0.5) is 0 Å². The lowest BCUT2D eigenvalue weighted by Gasteiger charge is -2.24. The van der Waals surface area contributed by atoms with Gasteiger partial charge in [0.15, 0.2) is 0 Å². The van der Waals surface area contributed by atoms with E-state index < -0.39 is 5.91 Å². The second kappa shape index (κ2) is 7.85. The average Bonchev–Trinajstić information content (AvgIpc) is 3.60. The molecule has 1 saturated carbocycles. The van der Waals surface area contributed by atoms with Gasteiger partial charge in [-0.3, -0.25) is 14.2 Å². The lowest BCUT2D eigenvalue weighted by atomic mass is 9.96. The average molecular weight is 418 g/mol. The van der Waals surface area contributed by atoms with Crippen molar-refractivity contribution < 1.29 is 9.53 Å². The fourth-order valence-electron chi connectivity index (χ4n) is 4.61. The highest BCUT2D eigenvalue weighted by Crippen LogP contribution is 2.45. The minimum atomic E-state index is -0.449. The van der Waals surface area contributed by atoms with Crippen LogP contribution in [-0.4, -0.2) is 29.7 Å². The molecule has 1 aromatic heterocycles. The molecule has 1 saturated heterocycles. The Bertz CT molecular complexity index is 1220. The number of amides is 1. The standard InChI is InChI=1S/C25H27N3O3/c1-15-2-7-20(24(26)29)22(17-3-4-17)23(15)28-13-10-16-5-6-19(14-21(16)25(28)30)31-18-8-11-27-12-9-18/h2,5-7,10,13-14,17-18,27H,3-4,8-9,11-12H2,1H3,(H2,26,29). The van der Waals surface area contributed by atoms with Gasteiger partial charge in [-0.1, -0.05) is 12.1 Å². The Labute approximate surface area is 181 Å². The molecule has 0 atom stereocenters. The molecule has 2 heterocycles. The molecular formula is C25H27N3O3. The summed E-state index contributed by atoms with van der Waals surface area (Å²) in [7, 11) is 0. The molecule has 1 amide bonds. The number of rotatable bonds is 5. The van der Waals surface area contributed by atoms with Gasteiger partial charge in [0, 0.05) is 11.8 Å². The summed E-state index contributed by atoms with van der Waals surface area (Å²) in [5.74, 6) is 0.545. The van der Waals surface area contributed by atoms with Gasteiger partial charge in [0.05, 0.1) is 11.1 Å². The van der Waals surface area contributed by atoms with E-state index in [0.29, 0.717) is 10.9 Å². The molecule has 6 nitrogen and oxygen atoms in total. The fraction of sp³-hybridized carbons (Fsp3) is 0.360. The van der Waals surface area contributed by atoms with Crippen molar-refractivity contribution in [2.75, 3.05) is 13.1 Å². The van der Waals surface area contributed by atoms with E-state index in [0.717, 1.165) is 66.7 Å². The van der Waals surface area contributed by atoms with Gasteiger partial charge >= 0.3 is 0 Å². The molecule has 2 fully saturated rings. The van der Waals surface area contributed by atoms with Gasteiger partial charge in [-0.15, -0.1) is 0 Å². The van der Waals surface area contributed by atoms with E-state index >= 15 is 0 Å². The number of nitrogens with one attached hydrogen (secondary N) is 1. The third-order valence-electron chi connectivity index (χ3n) is 6.38. The van der Waals surface area contributed by atoms with Crippen LogP contribution in [0.25, 0.3) is 16.5 Å². The maximum absolute atomic E-state index is 13.6. The van der Waals surface area contributed by atoms with Crippen LogP contribution in [0.1, 0.15) is 53.1 Å². The monoisotopic (exact) mass is 417 g/mol. The minimum Gasteiger partial charge on any atom is -0.490 e. The first kappa shape index (κ1) is 19.8. The Morgan fingerprint density at radius 2 is 1.87 bits per heavy atom. The maximum Gasteiger partial charge on any atom is 0.263 e. The number of fused-ring (bicyclic) bond motifs is 1. The van der Waals surface area contributed by atoms with Crippen molar-refractivity contribution in [3.63, 3.8) is 0 Å². The summed E-state index contributed by atoms with van der Waals surface area (Å²) in [6.45, 7) is 3.87. The van der Waals surface area contributed by atoms with Crippen LogP contribution in [-0.2, 0) is 0 Å². The summed E-state index contributed by atoms with van der Waals surface area (Å²) >= 11 is 0. The molecule has 0 unspecified atom stereocenters. The second-order valence-electron chi connectivity index (χ2n) is 8.64. The molecule has 0 spiro atoms. The number of primary amides is 1. The molecule has 160 valence electrons. The molecule has 3 aromatic rings. The summed E-state index contributed by atoms with van der Waals surface area (Å²) < 4.78 is 7.83. The number of pyridine rings is 1. The van der Waals surface area contributed by atoms with Crippen molar-refractivity contribution in [1.29, 1.82) is 0 Å². The molecular weight excluding hydrogens is 390 g/mol. The van der Waals surface area contributed by atoms with Crippen molar-refractivity contribution in [3.8, 4) is 11.4 Å². The van der Waals surface area contributed by atoms with Crippen LogP contribution in [0.2, 0.25) is 0 Å². The highest BCUT2D eigenvalue weighted by atomic mass is 16.5. The zero-order valence-corrected chi connectivity index (χ0v) is 17.7. The number of hydrogen-bond acceptors (Lipinski definition) is 4. The van der Waals surface area contributed by atoms with Gasteiger partial charge in [-0.05, 0) is 92.4 Å². The Morgan fingerprint density at radius 3 is 2.58 bits per heavy atom. The number of hydrogen-bond donors (Lipinski definition) is 2. The number of carbonyl (C=O) groups is 1. The number of carbonyl (C=O) groups excluding carboxylic acids is 1. The first-order chi connectivity index (χ1) is 15.0. The second-order valence-corrected chi connectivity index (χ2v) is 8.64. The van der Waals surface area contributed by atoms with Gasteiger partial charge in [0.2, 0.25) is 5.91 Å². The van der Waals surface area contributed by atoms with Crippen molar-refractivity contribution >= 4 is 16.7 Å². The van der Waals surface area contributed by atoms with E-state index in [4.69, 9.17) is 10.5 Å². The van der Waals surface area contributed by atoms with Crippen molar-refractivity contribution in [2.24, 2.45) is 5.73 Å². The number of ether oxygens (including phenoxy) is 1. The SMILES string of the molecule is Cc1ccc(C(N)=O)c(C2CC2)c1-n1ccc2ccc(OC3CCNCC3)cc2c1=O. The fourth-order valence-corrected chi connectivity index (χ4v) is 4.61. The van der Waals surface area contributed by atoms with E-state index in [9.17, 15) is 9.59 Å². The number of piperidine rings is 1. The van der Waals surface area contributed by atoms with Crippen LogP contribution in [0.15, 0.2) is 47.4 Å². The summed E-state index contributed by atoms with van der Waals surface area (Å²) in [5.41, 5.74) is 8.71. The molecule has 2 aromatic carbocycles. The topological polar surface area (TPSA) is 86.3 Å². The number of aromatic nitrogens is 1. The lowest BCUT2D eigenvalue weighted by Crippen LogP contribution is -2.34. The van der Waals surface area contributed by atoms with Crippen LogP contribution >= 0.6 is 0 Å². The number of aryl methyl sites for hydroxylation is 1. The van der Waals surface area contributed by atoms with E-state index in [-0.39, 0.29) is 17.6 Å². The summed E-state index contributed by atoms with van der Waals surface area (Å²) in [6.07, 6.45) is 5.90. The largest absolute Gasteiger partial charge is 0.490 e. The van der Waals surface area contributed by atoms with Crippen molar-refractivity contribution in [2.45, 2.75) is 44.6 Å². The van der Waals surface area contributed by atoms with Crippen molar-refractivity contribution in [3.05, 3.63) is 69.6 Å². The van der Waals surface area contributed by atoms with E-state index in [2.05, 4.69) is 5.32 Å². The highest BCUT2D eigenvalue weighted by Gasteiger charge is 2.32. The number of benzene rings is 2. The molecule has 1 aliphatic carbocycles. The van der Waals surface area contributed by atoms with Gasteiger partial charge in [-0.2, -0.15) is 0 Å². The first-order valence-electron chi connectivity index (χ1n) is 11.0. The Morgan fingerprint density at radius 1 is 1.10 bits per heavy atom. The Hall–Kier alpha value is -3.12. The third kappa shape index (κ3) is 3.72. The molecule has 3 N–H and O–H groups in total. The molecule has 0 bridgehead atoms. The molecule has 1 aliphatic heterocycles. The highest BCUT2D eigenvalue weighted by molar-refractivity contribution is 5.96. The van der Waals surface area contributed by atoms with Crippen LogP contribution in [0.5, 0.6) is 5.75 Å². The third-order valence-corrected chi connectivity index (χ3v) is 6.38. The lowest BCUT2D eigenvalue weighted by molar-refractivity contribution is 0.0999. The van der Waals surface area contributed by atoms with Gasteiger partial charge in [0.1, 0.15) is 11.9 Å². The Balaban J connectivity index is 1.63. The van der Waals surface area contributed by atoms with E-state index in [1.165, 1.54) is 0 Å². The summed E-state index contributed by atoms with van der Waals surface area (Å²) in [5, 5.41) is 4.82. The summed E-state index contributed by atoms with van der Waals surface area (Å²) in [4.78, 5) is 25.7. The van der Waals surface area contributed by atoms with Gasteiger partial charge < -0.3 is 15.8 Å². The quantitative estimate of drug-likeness (QED) is 0.666. The van der Waals surface area contributed by atoms with Gasteiger partial charge in [-0.25, -0.2) is 0 Å². The van der Waals surface area contributed by atoms with Crippen LogP contribution in [0, 0.1) is 6.92 Å². The predicted molar refractivity (Wildman–Crippen MR) is 121 cm³/mol. The minimum absolute atomic E-state index is 0.111. The molecule has 31 heavy (non-hydrogen) atoms. The van der Waals surface area contributed by atoms with E-state index in [1.54, 1.807) is 16.8 Å². The van der Waals surface area contributed by atoms with E-state index in [1.807, 2.05) is 37.3 Å². The van der Waals surface area contributed by atoms with Crippen LogP contribution in [0.3, 0.4) is 0 Å². The molecule has 5 rings (SSSR count). The predicted octanol–water partition coefficient (Wildman–Crippen LogP) is 3.41. The first-order valence-corrected chi connectivity index (χ1v) is 11.0. The maximum atomic E-state index is 13.6.